The first-order chi connectivity index (χ1) is 9.36. The number of carbonyl (C=O) groups excluding carboxylic acids is 1. The lowest BCUT2D eigenvalue weighted by Gasteiger charge is -2.34. The van der Waals surface area contributed by atoms with Crippen LogP contribution >= 0.6 is 0 Å². The molecule has 5 heteroatoms. The van der Waals surface area contributed by atoms with Crippen LogP contribution in [0.3, 0.4) is 0 Å². The van der Waals surface area contributed by atoms with Crippen LogP contribution in [0.25, 0.3) is 0 Å². The summed E-state index contributed by atoms with van der Waals surface area (Å²) in [4.78, 5) is 11.8. The first-order valence-electron chi connectivity index (χ1n) is 6.97. The van der Waals surface area contributed by atoms with Crippen LogP contribution in [-0.2, 0) is 9.53 Å². The topological polar surface area (TPSA) is 87.0 Å². The maximum atomic E-state index is 11.8. The normalized spacial score (nSPS) is 47.4. The van der Waals surface area contributed by atoms with E-state index in [4.69, 9.17) is 4.74 Å². The van der Waals surface area contributed by atoms with Gasteiger partial charge in [-0.25, -0.2) is 4.79 Å². The van der Waals surface area contributed by atoms with E-state index in [1.807, 2.05) is 6.08 Å². The minimum Gasteiger partial charge on any atom is -0.458 e. The van der Waals surface area contributed by atoms with Gasteiger partial charge in [0.05, 0.1) is 24.2 Å². The van der Waals surface area contributed by atoms with E-state index in [0.717, 1.165) is 5.57 Å². The van der Waals surface area contributed by atoms with Crippen molar-refractivity contribution >= 4 is 5.97 Å². The van der Waals surface area contributed by atoms with Gasteiger partial charge in [-0.15, -0.1) is 0 Å². The van der Waals surface area contributed by atoms with Gasteiger partial charge in [-0.2, -0.15) is 0 Å². The summed E-state index contributed by atoms with van der Waals surface area (Å²) in [5.74, 6) is -1.39. The molecule has 0 aromatic carbocycles. The number of hydrogen-bond acceptors (Lipinski definition) is 5. The Morgan fingerprint density at radius 3 is 2.85 bits per heavy atom. The molecule has 3 N–H and O–H groups in total. The monoisotopic (exact) mass is 280 g/mol. The molecule has 110 valence electrons. The minimum absolute atomic E-state index is 0.124. The van der Waals surface area contributed by atoms with Gasteiger partial charge in [0.25, 0.3) is 0 Å². The number of rotatable bonds is 1. The Labute approximate surface area is 117 Å². The van der Waals surface area contributed by atoms with E-state index in [0.29, 0.717) is 6.42 Å². The summed E-state index contributed by atoms with van der Waals surface area (Å²) >= 11 is 0. The molecule has 2 fully saturated rings. The maximum absolute atomic E-state index is 11.8. The fourth-order valence-electron chi connectivity index (χ4n) is 4.13. The Kier molecular flexibility index (Phi) is 3.04. The zero-order valence-electron chi connectivity index (χ0n) is 11.5. The molecular weight excluding hydrogens is 260 g/mol. The third-order valence-electron chi connectivity index (χ3n) is 5.13. The molecular formula is C15H20O5. The van der Waals surface area contributed by atoms with Crippen LogP contribution in [0, 0.1) is 17.8 Å². The summed E-state index contributed by atoms with van der Waals surface area (Å²) in [5.41, 5.74) is -0.0147. The lowest BCUT2D eigenvalue weighted by Crippen LogP contribution is -2.40. The van der Waals surface area contributed by atoms with Crippen molar-refractivity contribution in [2.75, 3.05) is 6.61 Å². The molecule has 3 rings (SSSR count). The van der Waals surface area contributed by atoms with Gasteiger partial charge in [0.2, 0.25) is 0 Å². The molecule has 0 spiro atoms. The molecule has 2 unspecified atom stereocenters. The molecule has 0 amide bonds. The number of aliphatic hydroxyl groups excluding tert-OH is 2. The van der Waals surface area contributed by atoms with E-state index in [9.17, 15) is 20.1 Å². The Morgan fingerprint density at radius 1 is 1.50 bits per heavy atom. The van der Waals surface area contributed by atoms with Crippen LogP contribution in [0.2, 0.25) is 0 Å². The predicted molar refractivity (Wildman–Crippen MR) is 70.5 cm³/mol. The molecule has 5 nitrogen and oxygen atoms in total. The lowest BCUT2D eigenvalue weighted by atomic mass is 9.76. The van der Waals surface area contributed by atoms with E-state index in [-0.39, 0.29) is 30.4 Å². The molecule has 1 aliphatic heterocycles. The second-order valence-electron chi connectivity index (χ2n) is 6.35. The number of allylic oxidation sites excluding steroid dienone is 1. The summed E-state index contributed by atoms with van der Waals surface area (Å²) < 4.78 is 5.41. The summed E-state index contributed by atoms with van der Waals surface area (Å²) in [5, 5.41) is 30.5. The van der Waals surface area contributed by atoms with Gasteiger partial charge in [-0.3, -0.25) is 0 Å². The highest BCUT2D eigenvalue weighted by atomic mass is 16.6. The molecule has 6 atom stereocenters. The number of carbonyl (C=O) groups is 1. The zero-order chi connectivity index (χ0) is 14.7. The quantitative estimate of drug-likeness (QED) is 0.362. The zero-order valence-corrected chi connectivity index (χ0v) is 11.5. The molecule has 20 heavy (non-hydrogen) atoms. The van der Waals surface area contributed by atoms with Crippen LogP contribution < -0.4 is 0 Å². The van der Waals surface area contributed by atoms with E-state index in [2.05, 4.69) is 6.58 Å². The third-order valence-corrected chi connectivity index (χ3v) is 5.13. The molecule has 0 aromatic heterocycles. The molecule has 0 aromatic rings. The van der Waals surface area contributed by atoms with Crippen molar-refractivity contribution in [3.8, 4) is 0 Å². The maximum Gasteiger partial charge on any atom is 0.334 e. The Hall–Kier alpha value is -1.17. The molecule has 3 aliphatic rings. The lowest BCUT2D eigenvalue weighted by molar-refractivity contribution is -0.142. The van der Waals surface area contributed by atoms with Crippen molar-refractivity contribution in [2.24, 2.45) is 17.8 Å². The smallest absolute Gasteiger partial charge is 0.334 e. The molecule has 0 radical (unpaired) electrons. The Morgan fingerprint density at radius 2 is 2.20 bits per heavy atom. The largest absolute Gasteiger partial charge is 0.458 e. The van der Waals surface area contributed by atoms with Crippen molar-refractivity contribution in [3.05, 3.63) is 23.8 Å². The summed E-state index contributed by atoms with van der Waals surface area (Å²) in [6.07, 6.45) is 1.31. The highest BCUT2D eigenvalue weighted by Crippen LogP contribution is 2.52. The summed E-state index contributed by atoms with van der Waals surface area (Å²) in [7, 11) is 0. The predicted octanol–water partition coefficient (Wildman–Crippen LogP) is 0.155. The molecule has 0 bridgehead atoms. The fraction of sp³-hybridized carbons (Fsp3) is 0.667. The molecule has 2 aliphatic carbocycles. The standard InChI is InChI=1S/C15H20O5/c1-7-11-10(17)5-15(2,19)9-4-3-8(6-16)12(9)13(11)20-14(7)18/h3,9-13,16-17,19H,1,4-6H2,2H3/t9?,10-,11+,12?,13-,15+/m0/s1. The highest BCUT2D eigenvalue weighted by molar-refractivity contribution is 5.91. The van der Waals surface area contributed by atoms with Crippen molar-refractivity contribution in [1.29, 1.82) is 0 Å². The second kappa shape index (κ2) is 4.41. The number of aliphatic hydroxyl groups is 3. The minimum atomic E-state index is -1.06. The van der Waals surface area contributed by atoms with Gasteiger partial charge in [-0.1, -0.05) is 12.7 Å². The van der Waals surface area contributed by atoms with Crippen molar-refractivity contribution < 1.29 is 24.9 Å². The molecule has 1 saturated heterocycles. The molecule has 1 saturated carbocycles. The summed E-state index contributed by atoms with van der Waals surface area (Å²) in [6, 6.07) is 0. The third kappa shape index (κ3) is 1.77. The van der Waals surface area contributed by atoms with Gasteiger partial charge >= 0.3 is 5.97 Å². The average Bonchev–Trinajstić information content (AvgIpc) is 2.89. The second-order valence-corrected chi connectivity index (χ2v) is 6.35. The van der Waals surface area contributed by atoms with E-state index >= 15 is 0 Å². The van der Waals surface area contributed by atoms with E-state index in [1.54, 1.807) is 6.92 Å². The van der Waals surface area contributed by atoms with Crippen LogP contribution in [0.1, 0.15) is 19.8 Å². The van der Waals surface area contributed by atoms with Gasteiger partial charge in [0.15, 0.2) is 0 Å². The van der Waals surface area contributed by atoms with Crippen LogP contribution in [0.4, 0.5) is 0 Å². The highest BCUT2D eigenvalue weighted by Gasteiger charge is 2.57. The van der Waals surface area contributed by atoms with Gasteiger partial charge < -0.3 is 20.1 Å². The van der Waals surface area contributed by atoms with Crippen molar-refractivity contribution in [2.45, 2.75) is 37.6 Å². The van der Waals surface area contributed by atoms with Gasteiger partial charge in [-0.05, 0) is 18.9 Å². The SMILES string of the molecule is C=C1C(=O)O[C@@H]2C3C(CO)=CCC3[C@](C)(O)C[C@H](O)[C@@H]12. The first-order valence-corrected chi connectivity index (χ1v) is 6.97. The number of esters is 1. The Bertz CT molecular complexity index is 492. The number of fused-ring (bicyclic) bond motifs is 3. The Balaban J connectivity index is 2.06. The van der Waals surface area contributed by atoms with E-state index < -0.39 is 29.7 Å². The van der Waals surface area contributed by atoms with Crippen LogP contribution in [-0.4, -0.2) is 45.7 Å². The average molecular weight is 280 g/mol. The van der Waals surface area contributed by atoms with Crippen LogP contribution in [0.15, 0.2) is 23.8 Å². The van der Waals surface area contributed by atoms with Crippen molar-refractivity contribution in [1.82, 2.24) is 0 Å². The molecule has 1 heterocycles. The van der Waals surface area contributed by atoms with E-state index in [1.165, 1.54) is 0 Å². The van der Waals surface area contributed by atoms with Crippen LogP contribution in [0.5, 0.6) is 0 Å². The number of hydrogen-bond donors (Lipinski definition) is 3. The number of ether oxygens (including phenoxy) is 1. The first kappa shape index (κ1) is 13.8. The summed E-state index contributed by atoms with van der Waals surface area (Å²) in [6.45, 7) is 5.30. The van der Waals surface area contributed by atoms with Crippen molar-refractivity contribution in [3.63, 3.8) is 0 Å². The van der Waals surface area contributed by atoms with Gasteiger partial charge in [0.1, 0.15) is 6.10 Å². The van der Waals surface area contributed by atoms with Gasteiger partial charge in [0, 0.05) is 23.8 Å². The fourth-order valence-corrected chi connectivity index (χ4v) is 4.13.